The van der Waals surface area contributed by atoms with Gasteiger partial charge >= 0.3 is 0 Å². The molecule has 0 aliphatic carbocycles. The monoisotopic (exact) mass is 332 g/mol. The summed E-state index contributed by atoms with van der Waals surface area (Å²) in [6.45, 7) is 0. The molecule has 0 unspecified atom stereocenters. The van der Waals surface area contributed by atoms with Gasteiger partial charge in [-0.25, -0.2) is 0 Å². The average Bonchev–Trinajstić information content (AvgIpc) is 2.64. The van der Waals surface area contributed by atoms with E-state index in [4.69, 9.17) is 0 Å². The molecule has 2 nitrogen and oxygen atoms in total. The summed E-state index contributed by atoms with van der Waals surface area (Å²) in [5.41, 5.74) is 1.96. The van der Waals surface area contributed by atoms with Crippen LogP contribution in [0.4, 0.5) is 0 Å². The van der Waals surface area contributed by atoms with Crippen molar-refractivity contribution in [3.05, 3.63) is 108 Å². The minimum Gasteiger partial charge on any atom is -0.389 e. The average molecular weight is 332 g/mol. The van der Waals surface area contributed by atoms with Crippen molar-refractivity contribution >= 4 is 0 Å². The summed E-state index contributed by atoms with van der Waals surface area (Å²) in [5.74, 6) is 0. The number of benzene rings is 3. The van der Waals surface area contributed by atoms with Gasteiger partial charge in [0.15, 0.2) is 0 Å². The van der Waals surface area contributed by atoms with Gasteiger partial charge < -0.3 is 10.2 Å². The van der Waals surface area contributed by atoms with Gasteiger partial charge in [0.25, 0.3) is 0 Å². The first kappa shape index (κ1) is 17.4. The van der Waals surface area contributed by atoms with E-state index >= 15 is 0 Å². The molecule has 3 aromatic carbocycles. The number of rotatable bonds is 7. The molecule has 1 atom stereocenters. The van der Waals surface area contributed by atoms with Crippen molar-refractivity contribution in [3.8, 4) is 0 Å². The molecule has 0 saturated heterocycles. The lowest BCUT2D eigenvalue weighted by Crippen LogP contribution is -2.36. The zero-order chi connectivity index (χ0) is 17.5. The first-order valence-electron chi connectivity index (χ1n) is 8.68. The Morgan fingerprint density at radius 3 is 1.48 bits per heavy atom. The first-order chi connectivity index (χ1) is 12.1. The van der Waals surface area contributed by atoms with Crippen LogP contribution in [0, 0.1) is 0 Å². The minimum absolute atomic E-state index is 0.292. The van der Waals surface area contributed by atoms with Crippen molar-refractivity contribution < 1.29 is 10.2 Å². The molecule has 2 N–H and O–H groups in total. The van der Waals surface area contributed by atoms with E-state index in [1.54, 1.807) is 0 Å². The van der Waals surface area contributed by atoms with Crippen molar-refractivity contribution in [2.24, 2.45) is 0 Å². The van der Waals surface area contributed by atoms with E-state index in [0.717, 1.165) is 16.7 Å². The van der Waals surface area contributed by atoms with Gasteiger partial charge in [-0.1, -0.05) is 91.0 Å². The van der Waals surface area contributed by atoms with E-state index in [2.05, 4.69) is 0 Å². The highest BCUT2D eigenvalue weighted by Gasteiger charge is 2.31. The summed E-state index contributed by atoms with van der Waals surface area (Å²) in [6, 6.07) is 29.5. The van der Waals surface area contributed by atoms with Crippen LogP contribution in [-0.2, 0) is 12.8 Å². The highest BCUT2D eigenvalue weighted by molar-refractivity contribution is 5.23. The van der Waals surface area contributed by atoms with Crippen molar-refractivity contribution in [2.75, 3.05) is 0 Å². The van der Waals surface area contributed by atoms with E-state index in [0.29, 0.717) is 19.3 Å². The van der Waals surface area contributed by atoms with Gasteiger partial charge in [0, 0.05) is 19.3 Å². The third kappa shape index (κ3) is 5.02. The van der Waals surface area contributed by atoms with Crippen LogP contribution in [0.25, 0.3) is 0 Å². The van der Waals surface area contributed by atoms with Crippen LogP contribution in [0.15, 0.2) is 91.0 Å². The largest absolute Gasteiger partial charge is 0.389 e. The fourth-order valence-corrected chi connectivity index (χ4v) is 3.31. The smallest absolute Gasteiger partial charge is 0.0817 e. The lowest BCUT2D eigenvalue weighted by Gasteiger charge is -2.31. The molecule has 128 valence electrons. The molecule has 0 aromatic heterocycles. The quantitative estimate of drug-likeness (QED) is 0.676. The van der Waals surface area contributed by atoms with Crippen LogP contribution in [0.1, 0.15) is 29.2 Å². The molecular weight excluding hydrogens is 308 g/mol. The first-order valence-corrected chi connectivity index (χ1v) is 8.68. The Morgan fingerprint density at radius 1 is 0.640 bits per heavy atom. The molecule has 0 spiro atoms. The van der Waals surface area contributed by atoms with Crippen molar-refractivity contribution in [2.45, 2.75) is 31.0 Å². The van der Waals surface area contributed by atoms with Crippen LogP contribution in [0.5, 0.6) is 0 Å². The van der Waals surface area contributed by atoms with Crippen molar-refractivity contribution in [1.29, 1.82) is 0 Å². The predicted molar refractivity (Wildman–Crippen MR) is 101 cm³/mol. The zero-order valence-electron chi connectivity index (χ0n) is 14.3. The topological polar surface area (TPSA) is 40.5 Å². The standard InChI is InChI=1S/C23H24O2/c24-22(21-14-8-3-9-15-21)18-23(25,16-19-10-4-1-5-11-19)17-20-12-6-2-7-13-20/h1-15,22,24-25H,16-18H2/t22-/m0/s1. The van der Waals surface area contributed by atoms with Crippen LogP contribution >= 0.6 is 0 Å². The third-order valence-electron chi connectivity index (χ3n) is 4.51. The normalized spacial score (nSPS) is 12.7. The Hall–Kier alpha value is -2.42. The number of hydrogen-bond donors (Lipinski definition) is 2. The molecule has 2 heteroatoms. The Morgan fingerprint density at radius 2 is 1.04 bits per heavy atom. The van der Waals surface area contributed by atoms with E-state index in [1.807, 2.05) is 91.0 Å². The van der Waals surface area contributed by atoms with E-state index in [1.165, 1.54) is 0 Å². The molecule has 0 saturated carbocycles. The van der Waals surface area contributed by atoms with Gasteiger partial charge in [-0.3, -0.25) is 0 Å². The summed E-state index contributed by atoms with van der Waals surface area (Å²) in [6.07, 6.45) is 0.610. The van der Waals surface area contributed by atoms with Gasteiger partial charge in [-0.15, -0.1) is 0 Å². The van der Waals surface area contributed by atoms with Gasteiger partial charge in [0.2, 0.25) is 0 Å². The van der Waals surface area contributed by atoms with Gasteiger partial charge in [0.1, 0.15) is 0 Å². The molecule has 3 aromatic rings. The second kappa shape index (κ2) is 8.11. The SMILES string of the molecule is O[C@@H](CC(O)(Cc1ccccc1)Cc1ccccc1)c1ccccc1. The second-order valence-electron chi connectivity index (χ2n) is 6.68. The molecule has 0 radical (unpaired) electrons. The highest BCUT2D eigenvalue weighted by Crippen LogP contribution is 2.30. The zero-order valence-corrected chi connectivity index (χ0v) is 14.3. The summed E-state index contributed by atoms with van der Waals surface area (Å²) in [5, 5.41) is 22.0. The van der Waals surface area contributed by atoms with Crippen molar-refractivity contribution in [3.63, 3.8) is 0 Å². The molecule has 0 heterocycles. The summed E-state index contributed by atoms with van der Waals surface area (Å²) < 4.78 is 0. The molecule has 3 rings (SSSR count). The number of aliphatic hydroxyl groups is 2. The third-order valence-corrected chi connectivity index (χ3v) is 4.51. The molecule has 0 fully saturated rings. The lowest BCUT2D eigenvalue weighted by molar-refractivity contribution is -0.0112. The van der Waals surface area contributed by atoms with Crippen LogP contribution in [0.2, 0.25) is 0 Å². The second-order valence-corrected chi connectivity index (χ2v) is 6.68. The predicted octanol–water partition coefficient (Wildman–Crippen LogP) is 4.33. The highest BCUT2D eigenvalue weighted by atomic mass is 16.3. The Bertz CT molecular complexity index is 712. The number of aliphatic hydroxyl groups excluding tert-OH is 1. The molecule has 0 aliphatic rings. The van der Waals surface area contributed by atoms with Crippen LogP contribution < -0.4 is 0 Å². The maximum Gasteiger partial charge on any atom is 0.0817 e. The van der Waals surface area contributed by atoms with Crippen LogP contribution in [0.3, 0.4) is 0 Å². The molecule has 25 heavy (non-hydrogen) atoms. The van der Waals surface area contributed by atoms with Crippen molar-refractivity contribution in [1.82, 2.24) is 0 Å². The minimum atomic E-state index is -1.02. The molecular formula is C23H24O2. The van der Waals surface area contributed by atoms with Gasteiger partial charge in [0.05, 0.1) is 11.7 Å². The van der Waals surface area contributed by atoms with Crippen LogP contribution in [-0.4, -0.2) is 15.8 Å². The molecule has 0 amide bonds. The molecule has 0 aliphatic heterocycles. The van der Waals surface area contributed by atoms with Gasteiger partial charge in [-0.2, -0.15) is 0 Å². The summed E-state index contributed by atoms with van der Waals surface area (Å²) in [7, 11) is 0. The Labute approximate surface area is 149 Å². The summed E-state index contributed by atoms with van der Waals surface area (Å²) >= 11 is 0. The fraction of sp³-hybridized carbons (Fsp3) is 0.217. The lowest BCUT2D eigenvalue weighted by atomic mass is 9.82. The van der Waals surface area contributed by atoms with E-state index < -0.39 is 11.7 Å². The van der Waals surface area contributed by atoms with Gasteiger partial charge in [-0.05, 0) is 16.7 Å². The Kier molecular flexibility index (Phi) is 5.64. The van der Waals surface area contributed by atoms with E-state index in [9.17, 15) is 10.2 Å². The summed E-state index contributed by atoms with van der Waals surface area (Å²) in [4.78, 5) is 0. The maximum atomic E-state index is 11.4. The fourth-order valence-electron chi connectivity index (χ4n) is 3.31. The maximum absolute atomic E-state index is 11.4. The Balaban J connectivity index is 1.82. The number of hydrogen-bond acceptors (Lipinski definition) is 2. The van der Waals surface area contributed by atoms with E-state index in [-0.39, 0.29) is 0 Å². The molecule has 0 bridgehead atoms.